The smallest absolute Gasteiger partial charge is 0.328 e. The molecule has 1 heterocycles. The number of nitrogens with one attached hydrogen (secondary N) is 1. The van der Waals surface area contributed by atoms with Gasteiger partial charge in [-0.05, 0) is 30.7 Å². The number of aryl methyl sites for hydroxylation is 2. The predicted octanol–water partition coefficient (Wildman–Crippen LogP) is 2.98. The van der Waals surface area contributed by atoms with Crippen LogP contribution in [0.3, 0.4) is 0 Å². The van der Waals surface area contributed by atoms with E-state index in [0.717, 1.165) is 29.7 Å². The molecule has 3 rings (SSSR count). The molecule has 148 valence electrons. The maximum atomic E-state index is 12.9. The monoisotopic (exact) mass is 382 g/mol. The zero-order chi connectivity index (χ0) is 20.4. The number of ether oxygens (including phenoxy) is 1. The van der Waals surface area contributed by atoms with Crippen molar-refractivity contribution in [1.29, 1.82) is 0 Å². The Kier molecular flexibility index (Phi) is 5.44. The lowest BCUT2D eigenvalue weighted by atomic mass is 10.1. The first-order chi connectivity index (χ1) is 13.4. The Morgan fingerprint density at radius 2 is 1.79 bits per heavy atom. The quantitative estimate of drug-likeness (QED) is 0.712. The second kappa shape index (κ2) is 7.80. The fraction of sp³-hybridized carbons (Fsp3) is 0.333. The summed E-state index contributed by atoms with van der Waals surface area (Å²) in [7, 11) is 7.00. The number of para-hydroxylation sites is 1. The standard InChI is InChI=1S/C21H26N4O3/c1-6-11-23(2)16-13-18-17(24(3)21(27)25(18)4)12-15(16)22-20(26)14-9-7-8-10-19(14)28-5/h7-10,12-13H,6,11H2,1-5H3,(H,22,26). The van der Waals surface area contributed by atoms with Crippen molar-refractivity contribution in [2.75, 3.05) is 30.9 Å². The van der Waals surface area contributed by atoms with Gasteiger partial charge in [-0.15, -0.1) is 0 Å². The van der Waals surface area contributed by atoms with Gasteiger partial charge in [-0.2, -0.15) is 0 Å². The predicted molar refractivity (Wildman–Crippen MR) is 113 cm³/mol. The van der Waals surface area contributed by atoms with Crippen LogP contribution in [0.15, 0.2) is 41.2 Å². The lowest BCUT2D eigenvalue weighted by Gasteiger charge is -2.23. The summed E-state index contributed by atoms with van der Waals surface area (Å²) in [5.74, 6) is 0.250. The average Bonchev–Trinajstić information content (AvgIpc) is 2.91. The molecule has 28 heavy (non-hydrogen) atoms. The van der Waals surface area contributed by atoms with E-state index in [1.165, 1.54) is 0 Å². The fourth-order valence-corrected chi connectivity index (χ4v) is 3.43. The minimum atomic E-state index is -0.260. The van der Waals surface area contributed by atoms with Crippen LogP contribution in [0.2, 0.25) is 0 Å². The second-order valence-corrected chi connectivity index (χ2v) is 6.83. The lowest BCUT2D eigenvalue weighted by Crippen LogP contribution is -2.21. The van der Waals surface area contributed by atoms with Gasteiger partial charge in [0.05, 0.1) is 35.1 Å². The number of rotatable bonds is 6. The average molecular weight is 382 g/mol. The Morgan fingerprint density at radius 1 is 1.14 bits per heavy atom. The van der Waals surface area contributed by atoms with Crippen LogP contribution in [-0.4, -0.2) is 35.7 Å². The second-order valence-electron chi connectivity index (χ2n) is 6.83. The normalized spacial score (nSPS) is 10.9. The van der Waals surface area contributed by atoms with Crippen molar-refractivity contribution in [3.8, 4) is 5.75 Å². The molecule has 1 N–H and O–H groups in total. The first kappa shape index (κ1) is 19.5. The minimum absolute atomic E-state index is 0.104. The van der Waals surface area contributed by atoms with Gasteiger partial charge in [0.15, 0.2) is 0 Å². The number of carbonyl (C=O) groups excluding carboxylic acids is 1. The number of nitrogens with zero attached hydrogens (tertiary/aromatic N) is 3. The molecule has 0 unspecified atom stereocenters. The summed E-state index contributed by atoms with van der Waals surface area (Å²) in [5.41, 5.74) is 3.44. The van der Waals surface area contributed by atoms with Crippen LogP contribution in [0.1, 0.15) is 23.7 Å². The molecule has 0 saturated carbocycles. The molecular weight excluding hydrogens is 356 g/mol. The van der Waals surface area contributed by atoms with Gasteiger partial charge in [-0.1, -0.05) is 19.1 Å². The molecule has 1 aromatic heterocycles. The van der Waals surface area contributed by atoms with Crippen LogP contribution in [0, 0.1) is 0 Å². The zero-order valence-corrected chi connectivity index (χ0v) is 16.9. The number of benzene rings is 2. The Labute approximate surface area is 164 Å². The molecule has 7 nitrogen and oxygen atoms in total. The van der Waals surface area contributed by atoms with Crippen LogP contribution in [0.4, 0.5) is 11.4 Å². The fourth-order valence-electron chi connectivity index (χ4n) is 3.43. The maximum absolute atomic E-state index is 12.9. The van der Waals surface area contributed by atoms with Crippen molar-refractivity contribution in [3.63, 3.8) is 0 Å². The molecule has 7 heteroatoms. The molecule has 3 aromatic rings. The van der Waals surface area contributed by atoms with Crippen LogP contribution in [-0.2, 0) is 14.1 Å². The van der Waals surface area contributed by atoms with Crippen molar-refractivity contribution in [3.05, 3.63) is 52.4 Å². The third-order valence-electron chi connectivity index (χ3n) is 4.96. The molecule has 0 atom stereocenters. The van der Waals surface area contributed by atoms with Gasteiger partial charge in [0.1, 0.15) is 5.75 Å². The van der Waals surface area contributed by atoms with Crippen LogP contribution >= 0.6 is 0 Å². The number of aromatic nitrogens is 2. The number of hydrogen-bond acceptors (Lipinski definition) is 4. The van der Waals surface area contributed by atoms with Gasteiger partial charge in [-0.25, -0.2) is 4.79 Å². The van der Waals surface area contributed by atoms with E-state index >= 15 is 0 Å². The summed E-state index contributed by atoms with van der Waals surface area (Å²) in [6, 6.07) is 10.9. The van der Waals surface area contributed by atoms with Crippen molar-refractivity contribution in [2.45, 2.75) is 13.3 Å². The van der Waals surface area contributed by atoms with E-state index in [-0.39, 0.29) is 11.6 Å². The maximum Gasteiger partial charge on any atom is 0.328 e. The van der Waals surface area contributed by atoms with Gasteiger partial charge >= 0.3 is 5.69 Å². The zero-order valence-electron chi connectivity index (χ0n) is 16.9. The largest absolute Gasteiger partial charge is 0.496 e. The Morgan fingerprint density at radius 3 is 2.43 bits per heavy atom. The van der Waals surface area contributed by atoms with Gasteiger partial charge in [0.25, 0.3) is 5.91 Å². The number of hydrogen-bond donors (Lipinski definition) is 1. The number of anilines is 2. The van der Waals surface area contributed by atoms with Crippen LogP contribution in [0.25, 0.3) is 11.0 Å². The SMILES string of the molecule is CCCN(C)c1cc2c(cc1NC(=O)c1ccccc1OC)n(C)c(=O)n2C. The van der Waals surface area contributed by atoms with Crippen molar-refractivity contribution >= 4 is 28.3 Å². The summed E-state index contributed by atoms with van der Waals surface area (Å²) in [5, 5.41) is 3.00. The van der Waals surface area contributed by atoms with E-state index in [9.17, 15) is 9.59 Å². The first-order valence-electron chi connectivity index (χ1n) is 9.24. The third-order valence-corrected chi connectivity index (χ3v) is 4.96. The number of carbonyl (C=O) groups is 1. The highest BCUT2D eigenvalue weighted by Gasteiger charge is 2.18. The number of imidazole rings is 1. The minimum Gasteiger partial charge on any atom is -0.496 e. The highest BCUT2D eigenvalue weighted by Crippen LogP contribution is 2.31. The van der Waals surface area contributed by atoms with E-state index in [1.807, 2.05) is 25.2 Å². The van der Waals surface area contributed by atoms with Gasteiger partial charge in [0, 0.05) is 27.7 Å². The molecule has 0 aliphatic rings. The summed E-state index contributed by atoms with van der Waals surface area (Å²) in [6.07, 6.45) is 0.960. The molecule has 2 aromatic carbocycles. The van der Waals surface area contributed by atoms with Crippen molar-refractivity contribution in [2.24, 2.45) is 14.1 Å². The van der Waals surface area contributed by atoms with Gasteiger partial charge in [0.2, 0.25) is 0 Å². The van der Waals surface area contributed by atoms with E-state index in [4.69, 9.17) is 4.74 Å². The number of fused-ring (bicyclic) bond motifs is 1. The summed E-state index contributed by atoms with van der Waals surface area (Å²) in [4.78, 5) is 27.4. The molecule has 0 saturated heterocycles. The van der Waals surface area contributed by atoms with Crippen molar-refractivity contribution < 1.29 is 9.53 Å². The van der Waals surface area contributed by atoms with Gasteiger partial charge < -0.3 is 15.0 Å². The Bertz CT molecular complexity index is 1080. The molecule has 0 radical (unpaired) electrons. The summed E-state index contributed by atoms with van der Waals surface area (Å²) >= 11 is 0. The molecular formula is C21H26N4O3. The van der Waals surface area contributed by atoms with E-state index in [1.54, 1.807) is 48.5 Å². The molecule has 0 fully saturated rings. The summed E-state index contributed by atoms with van der Waals surface area (Å²) in [6.45, 7) is 2.92. The lowest BCUT2D eigenvalue weighted by molar-refractivity contribution is 0.102. The molecule has 0 spiro atoms. The number of amides is 1. The van der Waals surface area contributed by atoms with E-state index < -0.39 is 0 Å². The van der Waals surface area contributed by atoms with Gasteiger partial charge in [-0.3, -0.25) is 13.9 Å². The number of methoxy groups -OCH3 is 1. The Hall–Kier alpha value is -3.22. The molecule has 1 amide bonds. The van der Waals surface area contributed by atoms with Crippen LogP contribution < -0.4 is 20.6 Å². The molecule has 0 bridgehead atoms. The Balaban J connectivity index is 2.12. The van der Waals surface area contributed by atoms with E-state index in [0.29, 0.717) is 17.0 Å². The molecule has 0 aliphatic heterocycles. The first-order valence-corrected chi connectivity index (χ1v) is 9.24. The molecule has 0 aliphatic carbocycles. The third kappa shape index (κ3) is 3.35. The highest BCUT2D eigenvalue weighted by molar-refractivity contribution is 6.08. The summed E-state index contributed by atoms with van der Waals surface area (Å²) < 4.78 is 8.51. The topological polar surface area (TPSA) is 68.5 Å². The highest BCUT2D eigenvalue weighted by atomic mass is 16.5. The van der Waals surface area contributed by atoms with Crippen LogP contribution in [0.5, 0.6) is 5.75 Å². The van der Waals surface area contributed by atoms with E-state index in [2.05, 4.69) is 17.1 Å². The van der Waals surface area contributed by atoms with Crippen molar-refractivity contribution in [1.82, 2.24) is 9.13 Å².